The van der Waals surface area contributed by atoms with Crippen LogP contribution in [0.3, 0.4) is 0 Å². The van der Waals surface area contributed by atoms with Crippen molar-refractivity contribution >= 4 is 12.0 Å². The zero-order valence-corrected chi connectivity index (χ0v) is 15.3. The fourth-order valence-corrected chi connectivity index (χ4v) is 2.22. The van der Waals surface area contributed by atoms with Crippen LogP contribution in [0.2, 0.25) is 0 Å². The number of hydrogen-bond donors (Lipinski definition) is 2. The van der Waals surface area contributed by atoms with E-state index in [1.54, 1.807) is 0 Å². The lowest BCUT2D eigenvalue weighted by Gasteiger charge is -2.24. The van der Waals surface area contributed by atoms with Gasteiger partial charge in [0, 0.05) is 13.1 Å². The van der Waals surface area contributed by atoms with Gasteiger partial charge in [-0.25, -0.2) is 4.79 Å². The van der Waals surface area contributed by atoms with Gasteiger partial charge in [0.1, 0.15) is 11.6 Å². The smallest absolute Gasteiger partial charge is 0.407 e. The first kappa shape index (κ1) is 20.0. The highest BCUT2D eigenvalue weighted by Gasteiger charge is 2.22. The Morgan fingerprint density at radius 2 is 1.67 bits per heavy atom. The second-order valence-corrected chi connectivity index (χ2v) is 6.85. The summed E-state index contributed by atoms with van der Waals surface area (Å²) in [6.07, 6.45) is 0.198. The summed E-state index contributed by atoms with van der Waals surface area (Å²) in [4.78, 5) is 25.8. The van der Waals surface area contributed by atoms with E-state index < -0.39 is 11.7 Å². The largest absolute Gasteiger partial charge is 0.444 e. The van der Waals surface area contributed by atoms with Gasteiger partial charge < -0.3 is 15.4 Å². The number of hydrogen-bond acceptors (Lipinski definition) is 4. The van der Waals surface area contributed by atoms with E-state index in [-0.39, 0.29) is 11.9 Å². The molecule has 2 N–H and O–H groups in total. The van der Waals surface area contributed by atoms with E-state index in [4.69, 9.17) is 4.74 Å². The predicted molar refractivity (Wildman–Crippen MR) is 94.7 cm³/mol. The molecule has 0 saturated carbocycles. The molecule has 0 aromatic heterocycles. The average Bonchev–Trinajstić information content (AvgIpc) is 2.46. The van der Waals surface area contributed by atoms with Crippen molar-refractivity contribution in [2.24, 2.45) is 0 Å². The Hall–Kier alpha value is -2.08. The number of alkyl carbamates (subject to hydrolysis) is 1. The highest BCUT2D eigenvalue weighted by atomic mass is 16.6. The Morgan fingerprint density at radius 3 is 2.21 bits per heavy atom. The third kappa shape index (κ3) is 7.46. The van der Waals surface area contributed by atoms with Crippen LogP contribution in [-0.4, -0.2) is 49.7 Å². The van der Waals surface area contributed by atoms with Crippen LogP contribution in [0.5, 0.6) is 0 Å². The zero-order valence-electron chi connectivity index (χ0n) is 15.3. The normalized spacial score (nSPS) is 12.6. The molecule has 0 aliphatic carbocycles. The van der Waals surface area contributed by atoms with Crippen LogP contribution < -0.4 is 10.6 Å². The van der Waals surface area contributed by atoms with Gasteiger partial charge in [-0.05, 0) is 46.9 Å². The number of carbonyl (C=O) groups is 2. The van der Waals surface area contributed by atoms with Gasteiger partial charge in [0.05, 0.1) is 0 Å². The zero-order chi connectivity index (χ0) is 18.2. The van der Waals surface area contributed by atoms with Gasteiger partial charge in [-0.1, -0.05) is 30.3 Å². The monoisotopic (exact) mass is 335 g/mol. The van der Waals surface area contributed by atoms with E-state index in [9.17, 15) is 9.59 Å². The van der Waals surface area contributed by atoms with Crippen molar-refractivity contribution in [3.8, 4) is 0 Å². The molecule has 0 radical (unpaired) electrons. The van der Waals surface area contributed by atoms with Gasteiger partial charge in [-0.2, -0.15) is 0 Å². The summed E-state index contributed by atoms with van der Waals surface area (Å²) in [5, 5.41) is 5.59. The topological polar surface area (TPSA) is 70.7 Å². The minimum absolute atomic E-state index is 0.0523. The van der Waals surface area contributed by atoms with Crippen LogP contribution >= 0.6 is 0 Å². The quantitative estimate of drug-likeness (QED) is 0.750. The van der Waals surface area contributed by atoms with Gasteiger partial charge in [0.25, 0.3) is 0 Å². The number of amides is 2. The molecule has 6 heteroatoms. The van der Waals surface area contributed by atoms with Gasteiger partial charge in [-0.3, -0.25) is 9.69 Å². The molecule has 0 aliphatic heterocycles. The maximum Gasteiger partial charge on any atom is 0.407 e. The van der Waals surface area contributed by atoms with E-state index in [0.29, 0.717) is 19.5 Å². The molecule has 6 nitrogen and oxygen atoms in total. The Bertz CT molecular complexity index is 524. The van der Waals surface area contributed by atoms with Crippen molar-refractivity contribution in [3.63, 3.8) is 0 Å². The van der Waals surface area contributed by atoms with Gasteiger partial charge in [0.15, 0.2) is 0 Å². The second-order valence-electron chi connectivity index (χ2n) is 6.85. The average molecular weight is 335 g/mol. The summed E-state index contributed by atoms with van der Waals surface area (Å²) in [7, 11) is 3.75. The van der Waals surface area contributed by atoms with E-state index in [2.05, 4.69) is 10.6 Å². The summed E-state index contributed by atoms with van der Waals surface area (Å²) in [6.45, 7) is 6.40. The lowest BCUT2D eigenvalue weighted by molar-refractivity contribution is -0.125. The molecule has 24 heavy (non-hydrogen) atoms. The maximum absolute atomic E-state index is 12.4. The maximum atomic E-state index is 12.4. The summed E-state index contributed by atoms with van der Waals surface area (Å²) in [5.74, 6) is -0.0523. The van der Waals surface area contributed by atoms with Crippen molar-refractivity contribution in [1.82, 2.24) is 15.5 Å². The molecule has 0 spiro atoms. The van der Waals surface area contributed by atoms with Crippen molar-refractivity contribution in [3.05, 3.63) is 35.9 Å². The van der Waals surface area contributed by atoms with Gasteiger partial charge in [0.2, 0.25) is 5.91 Å². The molecule has 1 rings (SSSR count). The number of nitrogens with zero attached hydrogens (tertiary/aromatic N) is 1. The predicted octanol–water partition coefficient (Wildman–Crippen LogP) is 2.32. The van der Waals surface area contributed by atoms with Crippen LogP contribution in [0.4, 0.5) is 4.79 Å². The molecule has 0 bridgehead atoms. The van der Waals surface area contributed by atoms with Crippen LogP contribution in [0.1, 0.15) is 38.8 Å². The Balaban J connectivity index is 2.36. The number of ether oxygens (including phenoxy) is 1. The first-order valence-corrected chi connectivity index (χ1v) is 8.16. The minimum atomic E-state index is -0.507. The second kappa shape index (κ2) is 9.27. The van der Waals surface area contributed by atoms with E-state index in [1.165, 1.54) is 0 Å². The number of likely N-dealkylation sites (N-methyl/N-ethyl adjacent to an activating group) is 1. The van der Waals surface area contributed by atoms with Crippen molar-refractivity contribution in [1.29, 1.82) is 0 Å². The lowest BCUT2D eigenvalue weighted by Crippen LogP contribution is -2.38. The van der Waals surface area contributed by atoms with Gasteiger partial charge in [-0.15, -0.1) is 0 Å². The fraction of sp³-hybridized carbons (Fsp3) is 0.556. The van der Waals surface area contributed by atoms with Gasteiger partial charge >= 0.3 is 6.09 Å². The molecule has 134 valence electrons. The molecule has 0 heterocycles. The van der Waals surface area contributed by atoms with Crippen molar-refractivity contribution in [2.45, 2.75) is 38.8 Å². The summed E-state index contributed by atoms with van der Waals surface area (Å²) in [6, 6.07) is 9.32. The molecule has 1 aromatic rings. The Morgan fingerprint density at radius 1 is 1.08 bits per heavy atom. The minimum Gasteiger partial charge on any atom is -0.444 e. The molecular weight excluding hydrogens is 306 g/mol. The number of rotatable bonds is 7. The SMILES string of the molecule is CN(C)C(C(=O)NCCCNC(=O)OC(C)(C)C)c1ccccc1. The summed E-state index contributed by atoms with van der Waals surface area (Å²) < 4.78 is 5.15. The molecule has 1 unspecified atom stereocenters. The third-order valence-corrected chi connectivity index (χ3v) is 3.20. The van der Waals surface area contributed by atoms with Crippen LogP contribution in [-0.2, 0) is 9.53 Å². The Kier molecular flexibility index (Phi) is 7.71. The molecule has 1 aromatic carbocycles. The van der Waals surface area contributed by atoms with E-state index >= 15 is 0 Å². The lowest BCUT2D eigenvalue weighted by atomic mass is 10.1. The highest BCUT2D eigenvalue weighted by Crippen LogP contribution is 2.17. The first-order valence-electron chi connectivity index (χ1n) is 8.16. The summed E-state index contributed by atoms with van der Waals surface area (Å²) >= 11 is 0. The summed E-state index contributed by atoms with van der Waals surface area (Å²) in [5.41, 5.74) is 0.444. The molecule has 1 atom stereocenters. The molecule has 0 aliphatic rings. The first-order chi connectivity index (χ1) is 11.2. The van der Waals surface area contributed by atoms with E-state index in [1.807, 2.05) is 70.1 Å². The number of nitrogens with one attached hydrogen (secondary N) is 2. The van der Waals surface area contributed by atoms with Crippen LogP contribution in [0, 0.1) is 0 Å². The standard InChI is InChI=1S/C18H29N3O3/c1-18(2,3)24-17(23)20-13-9-12-19-16(22)15(21(4)5)14-10-7-6-8-11-14/h6-8,10-11,15H,9,12-13H2,1-5H3,(H,19,22)(H,20,23). The van der Waals surface area contributed by atoms with Crippen LogP contribution in [0.25, 0.3) is 0 Å². The highest BCUT2D eigenvalue weighted by molar-refractivity contribution is 5.83. The molecule has 0 fully saturated rings. The number of carbonyl (C=O) groups excluding carboxylic acids is 2. The molecule has 0 saturated heterocycles. The number of benzene rings is 1. The molecule has 2 amide bonds. The Labute approximate surface area is 144 Å². The van der Waals surface area contributed by atoms with E-state index in [0.717, 1.165) is 5.56 Å². The van der Waals surface area contributed by atoms with Crippen molar-refractivity contribution < 1.29 is 14.3 Å². The third-order valence-electron chi connectivity index (χ3n) is 3.20. The van der Waals surface area contributed by atoms with Crippen LogP contribution in [0.15, 0.2) is 30.3 Å². The fourth-order valence-electron chi connectivity index (χ4n) is 2.22. The molecular formula is C18H29N3O3. The van der Waals surface area contributed by atoms with Crippen molar-refractivity contribution in [2.75, 3.05) is 27.2 Å².